The van der Waals surface area contributed by atoms with Gasteiger partial charge in [0.25, 0.3) is 0 Å². The highest BCUT2D eigenvalue weighted by molar-refractivity contribution is 5.04. The Hall–Kier alpha value is -0.840. The molecule has 8 bridgehead atoms. The van der Waals surface area contributed by atoms with E-state index < -0.39 is 134 Å². The summed E-state index contributed by atoms with van der Waals surface area (Å²) in [7, 11) is 0. The van der Waals surface area contributed by atoms with Crippen molar-refractivity contribution in [2.45, 2.75) is 213 Å². The lowest BCUT2D eigenvalue weighted by atomic mass is 10.0. The highest BCUT2D eigenvalue weighted by Crippen LogP contribution is 2.46. The highest BCUT2D eigenvalue weighted by atomic mass is 16.8. The van der Waals surface area contributed by atoms with E-state index in [0.717, 1.165) is 0 Å². The maximum Gasteiger partial charge on any atom is 0.187 e. The molecule has 356 valence electrons. The third-order valence-corrected chi connectivity index (χ3v) is 13.9. The van der Waals surface area contributed by atoms with E-state index in [4.69, 9.17) is 94.7 Å². The molecule has 0 amide bonds. The normalized spacial score (nSPS) is 51.8. The van der Waals surface area contributed by atoms with Crippen LogP contribution in [0.5, 0.6) is 0 Å². The Morgan fingerprint density at radius 1 is 0.365 bits per heavy atom. The van der Waals surface area contributed by atoms with Crippen LogP contribution >= 0.6 is 0 Å². The summed E-state index contributed by atoms with van der Waals surface area (Å²) in [6.45, 7) is 17.2. The minimum absolute atomic E-state index is 0.175. The van der Waals surface area contributed by atoms with Gasteiger partial charge in [-0.25, -0.2) is 0 Å². The minimum Gasteiger partial charge on any atom is -0.371 e. The van der Waals surface area contributed by atoms with Crippen LogP contribution in [0.2, 0.25) is 0 Å². The maximum atomic E-state index is 6.84. The fourth-order valence-corrected chi connectivity index (χ4v) is 11.5. The summed E-state index contributed by atoms with van der Waals surface area (Å²) in [5.74, 6) is -3.35. The minimum atomic E-state index is -0.838. The zero-order valence-corrected chi connectivity index (χ0v) is 37.0. The number of nitrogens with one attached hydrogen (secondary N) is 1. The molecule has 20 atom stereocenters. The van der Waals surface area contributed by atoms with E-state index in [-0.39, 0.29) is 50.8 Å². The van der Waals surface area contributed by atoms with Crippen molar-refractivity contribution in [3.8, 4) is 0 Å². The van der Waals surface area contributed by atoms with E-state index in [1.165, 1.54) is 0 Å². The molecule has 21 nitrogen and oxygen atoms in total. The van der Waals surface area contributed by atoms with Crippen molar-refractivity contribution < 1.29 is 94.7 Å². The molecule has 0 spiro atoms. The predicted molar refractivity (Wildman–Crippen MR) is 203 cm³/mol. The van der Waals surface area contributed by atoms with Gasteiger partial charge in [0.05, 0.1) is 64.9 Å². The first-order valence-electron chi connectivity index (χ1n) is 22.8. The highest BCUT2D eigenvalue weighted by Gasteiger charge is 2.63. The lowest BCUT2D eigenvalue weighted by Crippen LogP contribution is -2.58. The molecular formula is C42H63NO20. The maximum absolute atomic E-state index is 6.84. The van der Waals surface area contributed by atoms with Crippen molar-refractivity contribution in [2.24, 2.45) is 0 Å². The molecule has 12 aliphatic rings. The summed E-state index contributed by atoms with van der Waals surface area (Å²) in [6, 6.07) is -0.909. The molecule has 21 heteroatoms. The van der Waals surface area contributed by atoms with Gasteiger partial charge in [0.15, 0.2) is 48.3 Å². The van der Waals surface area contributed by atoms with Crippen molar-refractivity contribution in [2.75, 3.05) is 52.9 Å². The van der Waals surface area contributed by atoms with Crippen LogP contribution in [-0.4, -0.2) is 211 Å². The Bertz CT molecular complexity index is 1450. The van der Waals surface area contributed by atoms with Crippen LogP contribution in [0.3, 0.4) is 0 Å². The van der Waals surface area contributed by atoms with Crippen LogP contribution in [-0.2, 0) is 94.7 Å². The van der Waals surface area contributed by atoms with E-state index >= 15 is 0 Å². The third kappa shape index (κ3) is 8.04. The van der Waals surface area contributed by atoms with Crippen molar-refractivity contribution in [1.82, 2.24) is 5.32 Å². The van der Waals surface area contributed by atoms with Crippen molar-refractivity contribution in [3.05, 3.63) is 0 Å². The number of hydrogen-bond donors (Lipinski definition) is 1. The smallest absolute Gasteiger partial charge is 0.187 e. The molecule has 12 rings (SSSR count). The van der Waals surface area contributed by atoms with Crippen molar-refractivity contribution in [1.29, 1.82) is 0 Å². The summed E-state index contributed by atoms with van der Waals surface area (Å²) in [5, 5.41) is 3.81. The van der Waals surface area contributed by atoms with Crippen molar-refractivity contribution in [3.63, 3.8) is 0 Å². The Kier molecular flexibility index (Phi) is 10.9. The van der Waals surface area contributed by atoms with Crippen LogP contribution in [0.4, 0.5) is 0 Å². The molecular weight excluding hydrogens is 838 g/mol. The van der Waals surface area contributed by atoms with Gasteiger partial charge in [-0.2, -0.15) is 0 Å². The average molecular weight is 902 g/mol. The largest absolute Gasteiger partial charge is 0.371 e. The van der Waals surface area contributed by atoms with E-state index in [1.807, 2.05) is 55.4 Å². The van der Waals surface area contributed by atoms with Crippen LogP contribution < -0.4 is 5.32 Å². The molecule has 12 heterocycles. The van der Waals surface area contributed by atoms with E-state index in [1.54, 1.807) is 0 Å². The van der Waals surface area contributed by atoms with Gasteiger partial charge in [0, 0.05) is 0 Å². The van der Waals surface area contributed by atoms with Gasteiger partial charge < -0.3 is 100 Å². The summed E-state index contributed by atoms with van der Waals surface area (Å²) in [5.41, 5.74) is 0. The molecule has 0 aromatic rings. The molecule has 12 saturated heterocycles. The predicted octanol–water partition coefficient (Wildman–Crippen LogP) is -0.0452. The number of rotatable bonds is 14. The molecule has 20 unspecified atom stereocenters. The molecule has 0 radical (unpaired) electrons. The van der Waals surface area contributed by atoms with Gasteiger partial charge in [-0.15, -0.1) is 0 Å². The Morgan fingerprint density at radius 2 is 0.587 bits per heavy atom. The molecule has 0 aromatic heterocycles. The summed E-state index contributed by atoms with van der Waals surface area (Å²) in [6.07, 6.45) is -8.93. The Morgan fingerprint density at radius 3 is 0.825 bits per heavy atom. The Labute approximate surface area is 365 Å². The third-order valence-electron chi connectivity index (χ3n) is 13.9. The van der Waals surface area contributed by atoms with E-state index in [9.17, 15) is 0 Å². The summed E-state index contributed by atoms with van der Waals surface area (Å²) < 4.78 is 127. The van der Waals surface area contributed by atoms with Gasteiger partial charge in [-0.05, 0) is 55.4 Å². The number of hydrogen-bond acceptors (Lipinski definition) is 21. The van der Waals surface area contributed by atoms with Crippen molar-refractivity contribution >= 4 is 0 Å². The van der Waals surface area contributed by atoms with E-state index in [0.29, 0.717) is 26.4 Å². The Balaban J connectivity index is 0.812. The van der Waals surface area contributed by atoms with Gasteiger partial charge in [-0.1, -0.05) is 0 Å². The molecule has 12 fully saturated rings. The fourth-order valence-electron chi connectivity index (χ4n) is 11.5. The van der Waals surface area contributed by atoms with Gasteiger partial charge in [-0.3, -0.25) is 0 Å². The number of fused-ring (bicyclic) bond motifs is 16. The van der Waals surface area contributed by atoms with Crippen LogP contribution in [0.1, 0.15) is 55.4 Å². The molecule has 12 aliphatic heterocycles. The first kappa shape index (κ1) is 43.4. The standard InChI is InChI=1S/C42H63NO20/c1-39(2)56-27-23(19-13-48-35(52-19)31(27)60-39)44-9-17(10-45-24-20-14-49-36(53-20)32-28(24)57-40(3,4)61-32)43-18(11-46-25-21-15-50-37(54-21)33-29(25)58-41(5,6)62-33)12-47-26-22-16-51-38(55-22)34-30(26)59-42(7,8)63-34/h17-38,43H,9-16H2,1-8H3. The van der Waals surface area contributed by atoms with E-state index in [2.05, 4.69) is 5.32 Å². The molecule has 1 N–H and O–H groups in total. The summed E-state index contributed by atoms with van der Waals surface area (Å²) in [4.78, 5) is 0. The first-order chi connectivity index (χ1) is 30.0. The summed E-state index contributed by atoms with van der Waals surface area (Å²) >= 11 is 0. The van der Waals surface area contributed by atoms with Crippen LogP contribution in [0.15, 0.2) is 0 Å². The van der Waals surface area contributed by atoms with Crippen LogP contribution in [0.25, 0.3) is 0 Å². The van der Waals surface area contributed by atoms with Gasteiger partial charge in [0.1, 0.15) is 97.7 Å². The fraction of sp³-hybridized carbons (Fsp3) is 1.00. The zero-order valence-electron chi connectivity index (χ0n) is 37.0. The molecule has 0 aromatic carbocycles. The second kappa shape index (κ2) is 15.9. The first-order valence-corrected chi connectivity index (χ1v) is 22.8. The quantitative estimate of drug-likeness (QED) is 0.244. The molecule has 0 saturated carbocycles. The van der Waals surface area contributed by atoms with Gasteiger partial charge >= 0.3 is 0 Å². The zero-order chi connectivity index (χ0) is 43.2. The lowest BCUT2D eigenvalue weighted by molar-refractivity contribution is -0.217. The molecule has 0 aliphatic carbocycles. The molecule has 63 heavy (non-hydrogen) atoms. The second-order valence-corrected chi connectivity index (χ2v) is 20.5. The lowest BCUT2D eigenvalue weighted by Gasteiger charge is -2.39. The van der Waals surface area contributed by atoms with Crippen LogP contribution in [0, 0.1) is 0 Å². The number of ether oxygens (including phenoxy) is 20. The SMILES string of the molecule is CC1(C)OC2C3OCC(O3)C(OCC(COC3C4COC(O4)C4OC(C)(C)OC34)NC(COC3C4COC(O4)C4OC(C)(C)OC34)COC3C4COC(O4)C4OC(C)(C)OC34)C2O1. The topological polar surface area (TPSA) is 197 Å². The van der Waals surface area contributed by atoms with Gasteiger partial charge in [0.2, 0.25) is 0 Å². The monoisotopic (exact) mass is 901 g/mol. The second-order valence-electron chi connectivity index (χ2n) is 20.5. The average Bonchev–Trinajstić information content (AvgIpc) is 4.07.